The second-order valence-electron chi connectivity index (χ2n) is 4.47. The first-order valence-electron chi connectivity index (χ1n) is 6.43. The normalized spacial score (nSPS) is 18.1. The number of ether oxygens (including phenoxy) is 3. The number of cyclic esters (lactones) is 1. The van der Waals surface area contributed by atoms with Crippen molar-refractivity contribution >= 4 is 18.3 Å². The average Bonchev–Trinajstić information content (AvgIpc) is 2.52. The quantitative estimate of drug-likeness (QED) is 0.615. The molecule has 1 aromatic rings. The van der Waals surface area contributed by atoms with Gasteiger partial charge in [0.1, 0.15) is 17.6 Å². The summed E-state index contributed by atoms with van der Waals surface area (Å²) in [6, 6.07) is 5.25. The molecular formula is C16H16O5. The number of carbonyl (C=O) groups is 2. The third kappa shape index (κ3) is 3.72. The van der Waals surface area contributed by atoms with Gasteiger partial charge in [-0.1, -0.05) is 12.1 Å². The Morgan fingerprint density at radius 3 is 2.76 bits per heavy atom. The van der Waals surface area contributed by atoms with Crippen molar-refractivity contribution in [2.75, 3.05) is 14.2 Å². The largest absolute Gasteiger partial charge is 0.501 e. The Balaban J connectivity index is 2.13. The van der Waals surface area contributed by atoms with Gasteiger partial charge in [-0.2, -0.15) is 0 Å². The van der Waals surface area contributed by atoms with Crippen LogP contribution in [0.3, 0.4) is 0 Å². The summed E-state index contributed by atoms with van der Waals surface area (Å²) in [6.07, 6.45) is 5.75. The monoisotopic (exact) mass is 288 g/mol. The molecule has 1 aliphatic rings. The first-order valence-corrected chi connectivity index (χ1v) is 6.43. The molecule has 0 fully saturated rings. The van der Waals surface area contributed by atoms with Crippen molar-refractivity contribution in [3.8, 4) is 5.75 Å². The molecule has 5 nitrogen and oxygen atoms in total. The van der Waals surface area contributed by atoms with Crippen molar-refractivity contribution < 1.29 is 23.8 Å². The molecule has 0 radical (unpaired) electrons. The highest BCUT2D eigenvalue weighted by Gasteiger charge is 2.19. The molecule has 0 saturated heterocycles. The average molecular weight is 288 g/mol. The molecular weight excluding hydrogens is 272 g/mol. The molecule has 1 atom stereocenters. The van der Waals surface area contributed by atoms with Gasteiger partial charge < -0.3 is 14.2 Å². The molecule has 1 aromatic carbocycles. The van der Waals surface area contributed by atoms with Crippen LogP contribution in [0.2, 0.25) is 0 Å². The minimum Gasteiger partial charge on any atom is -0.501 e. The molecule has 0 unspecified atom stereocenters. The number of hydrogen-bond acceptors (Lipinski definition) is 5. The van der Waals surface area contributed by atoms with E-state index in [9.17, 15) is 9.59 Å². The summed E-state index contributed by atoms with van der Waals surface area (Å²) in [6.45, 7) is 0. The van der Waals surface area contributed by atoms with E-state index in [-0.39, 0.29) is 6.10 Å². The number of methoxy groups -OCH3 is 2. The number of carbonyl (C=O) groups excluding carboxylic acids is 2. The van der Waals surface area contributed by atoms with Crippen LogP contribution in [0.5, 0.6) is 5.75 Å². The Kier molecular flexibility index (Phi) is 4.77. The fourth-order valence-corrected chi connectivity index (χ4v) is 2.03. The summed E-state index contributed by atoms with van der Waals surface area (Å²) in [7, 11) is 3.03. The van der Waals surface area contributed by atoms with E-state index < -0.39 is 5.97 Å². The smallest absolute Gasteiger partial charge is 0.334 e. The summed E-state index contributed by atoms with van der Waals surface area (Å²) in [5.41, 5.74) is 1.29. The van der Waals surface area contributed by atoms with Crippen LogP contribution in [0.15, 0.2) is 36.1 Å². The van der Waals surface area contributed by atoms with Crippen LogP contribution in [0.1, 0.15) is 22.3 Å². The lowest BCUT2D eigenvalue weighted by Gasteiger charge is -2.19. The van der Waals surface area contributed by atoms with Crippen molar-refractivity contribution in [1.82, 2.24) is 0 Å². The molecule has 1 aliphatic heterocycles. The summed E-state index contributed by atoms with van der Waals surface area (Å²) in [5.74, 6) is 0.691. The maximum Gasteiger partial charge on any atom is 0.334 e. The number of esters is 1. The zero-order chi connectivity index (χ0) is 15.2. The van der Waals surface area contributed by atoms with Crippen molar-refractivity contribution in [1.29, 1.82) is 0 Å². The second kappa shape index (κ2) is 6.74. The lowest BCUT2D eigenvalue weighted by Crippen LogP contribution is -2.21. The molecule has 2 rings (SSSR count). The van der Waals surface area contributed by atoms with Crippen LogP contribution < -0.4 is 4.74 Å². The third-order valence-electron chi connectivity index (χ3n) is 3.09. The summed E-state index contributed by atoms with van der Waals surface area (Å²) in [5, 5.41) is 0. The van der Waals surface area contributed by atoms with Crippen molar-refractivity contribution in [2.45, 2.75) is 12.5 Å². The van der Waals surface area contributed by atoms with Gasteiger partial charge in [0.2, 0.25) is 0 Å². The van der Waals surface area contributed by atoms with Crippen LogP contribution in [0.25, 0.3) is 6.08 Å². The van der Waals surface area contributed by atoms with Crippen molar-refractivity contribution in [3.63, 3.8) is 0 Å². The Morgan fingerprint density at radius 2 is 2.10 bits per heavy atom. The van der Waals surface area contributed by atoms with Gasteiger partial charge in [-0.05, 0) is 23.8 Å². The molecule has 0 bridgehead atoms. The van der Waals surface area contributed by atoms with E-state index >= 15 is 0 Å². The van der Waals surface area contributed by atoms with Gasteiger partial charge in [0, 0.05) is 6.42 Å². The van der Waals surface area contributed by atoms with Crippen LogP contribution in [0, 0.1) is 0 Å². The van der Waals surface area contributed by atoms with Crippen molar-refractivity contribution in [3.05, 3.63) is 47.2 Å². The Morgan fingerprint density at radius 1 is 1.29 bits per heavy atom. The minimum absolute atomic E-state index is 0.376. The Bertz CT molecular complexity index is 601. The second-order valence-corrected chi connectivity index (χ2v) is 4.47. The van der Waals surface area contributed by atoms with E-state index in [1.807, 2.05) is 6.07 Å². The molecule has 0 aromatic heterocycles. The predicted molar refractivity (Wildman–Crippen MR) is 77.0 cm³/mol. The minimum atomic E-state index is -0.420. The molecule has 0 amide bonds. The maximum absolute atomic E-state index is 11.4. The number of hydrogen-bond donors (Lipinski definition) is 0. The maximum atomic E-state index is 11.4. The topological polar surface area (TPSA) is 61.8 Å². The molecule has 0 aliphatic carbocycles. The summed E-state index contributed by atoms with van der Waals surface area (Å²) < 4.78 is 15.3. The fraction of sp³-hybridized carbons (Fsp3) is 0.250. The number of rotatable bonds is 5. The zero-order valence-corrected chi connectivity index (χ0v) is 11.9. The molecule has 1 heterocycles. The van der Waals surface area contributed by atoms with Crippen molar-refractivity contribution in [2.24, 2.45) is 0 Å². The van der Waals surface area contributed by atoms with Crippen LogP contribution in [-0.2, 0) is 14.3 Å². The zero-order valence-electron chi connectivity index (χ0n) is 11.9. The van der Waals surface area contributed by atoms with E-state index in [1.54, 1.807) is 24.3 Å². The summed E-state index contributed by atoms with van der Waals surface area (Å²) >= 11 is 0. The highest BCUT2D eigenvalue weighted by Crippen LogP contribution is 2.21. The molecule has 5 heteroatoms. The van der Waals surface area contributed by atoms with Crippen LogP contribution >= 0.6 is 0 Å². The highest BCUT2D eigenvalue weighted by molar-refractivity contribution is 5.84. The van der Waals surface area contributed by atoms with E-state index in [1.165, 1.54) is 20.3 Å². The van der Waals surface area contributed by atoms with E-state index in [0.717, 1.165) is 11.8 Å². The fourth-order valence-electron chi connectivity index (χ4n) is 2.03. The number of aldehydes is 1. The van der Waals surface area contributed by atoms with Gasteiger partial charge in [-0.15, -0.1) is 0 Å². The highest BCUT2D eigenvalue weighted by atomic mass is 16.5. The molecule has 0 N–H and O–H groups in total. The Labute approximate surface area is 122 Å². The molecule has 0 saturated carbocycles. The van der Waals surface area contributed by atoms with Gasteiger partial charge >= 0.3 is 5.97 Å². The van der Waals surface area contributed by atoms with Gasteiger partial charge in [0.05, 0.1) is 25.9 Å². The lowest BCUT2D eigenvalue weighted by molar-refractivity contribution is -0.142. The molecule has 0 spiro atoms. The SMILES string of the molecule is COC1=CC(=O)O[C@@H](/C=C/c2ccc(OC)c(C=O)c2)C1. The van der Waals surface area contributed by atoms with E-state index in [4.69, 9.17) is 14.2 Å². The first kappa shape index (κ1) is 14.8. The molecule has 110 valence electrons. The van der Waals surface area contributed by atoms with Gasteiger partial charge in [0.15, 0.2) is 6.29 Å². The Hall–Kier alpha value is -2.56. The van der Waals surface area contributed by atoms with Gasteiger partial charge in [-0.25, -0.2) is 4.79 Å². The third-order valence-corrected chi connectivity index (χ3v) is 3.09. The predicted octanol–water partition coefficient (Wildman–Crippen LogP) is 2.37. The van der Waals surface area contributed by atoms with E-state index in [0.29, 0.717) is 23.5 Å². The van der Waals surface area contributed by atoms with Crippen LogP contribution in [0.4, 0.5) is 0 Å². The van der Waals surface area contributed by atoms with E-state index in [2.05, 4.69) is 0 Å². The van der Waals surface area contributed by atoms with Gasteiger partial charge in [0.25, 0.3) is 0 Å². The lowest BCUT2D eigenvalue weighted by atomic mass is 10.1. The number of benzene rings is 1. The first-order chi connectivity index (χ1) is 10.2. The van der Waals surface area contributed by atoms with Gasteiger partial charge in [-0.3, -0.25) is 4.79 Å². The standard InChI is InChI=1S/C16H16O5/c1-19-14-8-13(21-16(18)9-14)5-3-11-4-6-15(20-2)12(7-11)10-17/h3-7,9-10,13H,8H2,1-2H3/b5-3+/t13-/m0/s1. The summed E-state index contributed by atoms with van der Waals surface area (Å²) in [4.78, 5) is 22.3. The van der Waals surface area contributed by atoms with Crippen LogP contribution in [-0.4, -0.2) is 32.6 Å². The molecule has 21 heavy (non-hydrogen) atoms.